The maximum atomic E-state index is 12.7. The Morgan fingerprint density at radius 3 is 2.59 bits per heavy atom. The van der Waals surface area contributed by atoms with Crippen molar-refractivity contribution in [1.82, 2.24) is 15.1 Å². The van der Waals surface area contributed by atoms with Crippen LogP contribution >= 0.6 is 11.3 Å². The molecule has 0 aliphatic carbocycles. The number of carbonyl (C=O) groups excluding carboxylic acids is 1. The van der Waals surface area contributed by atoms with E-state index in [9.17, 15) is 4.79 Å². The fraction of sp³-hybridized carbons (Fsp3) is 0.190. The molecule has 1 aliphatic heterocycles. The standard InChI is InChI=1S/C21H20N4OS/c26-21(22-20-24-23-19(27-20)17-10-5-2-6-11-17)25-15-7-12-18(25)14-13-16-8-3-1-4-9-16/h1-6,8-11,13-14,18H,7,12,15H2,(H,22,24,26)/b14-13+. The number of rotatable bonds is 4. The summed E-state index contributed by atoms with van der Waals surface area (Å²) in [6.45, 7) is 0.750. The first kappa shape index (κ1) is 17.4. The van der Waals surface area contributed by atoms with Crippen molar-refractivity contribution >= 4 is 28.6 Å². The van der Waals surface area contributed by atoms with Gasteiger partial charge in [-0.25, -0.2) is 4.79 Å². The largest absolute Gasteiger partial charge is 0.324 e. The lowest BCUT2D eigenvalue weighted by Crippen LogP contribution is -2.37. The molecule has 1 aliphatic rings. The number of likely N-dealkylation sites (tertiary alicyclic amines) is 1. The number of nitrogens with zero attached hydrogens (tertiary/aromatic N) is 3. The van der Waals surface area contributed by atoms with Crippen molar-refractivity contribution in [2.45, 2.75) is 18.9 Å². The lowest BCUT2D eigenvalue weighted by molar-refractivity contribution is 0.214. The van der Waals surface area contributed by atoms with Gasteiger partial charge in [0.1, 0.15) is 5.01 Å². The fourth-order valence-electron chi connectivity index (χ4n) is 3.17. The number of nitrogens with one attached hydrogen (secondary N) is 1. The summed E-state index contributed by atoms with van der Waals surface area (Å²) in [5, 5.41) is 12.5. The van der Waals surface area contributed by atoms with Gasteiger partial charge in [0, 0.05) is 12.1 Å². The summed E-state index contributed by atoms with van der Waals surface area (Å²) in [5.41, 5.74) is 2.14. The molecule has 2 aromatic carbocycles. The Hall–Kier alpha value is -2.99. The van der Waals surface area contributed by atoms with Crippen molar-refractivity contribution < 1.29 is 4.79 Å². The third-order valence-electron chi connectivity index (χ3n) is 4.53. The van der Waals surface area contributed by atoms with Gasteiger partial charge in [0.05, 0.1) is 6.04 Å². The van der Waals surface area contributed by atoms with Crippen LogP contribution in [-0.4, -0.2) is 33.7 Å². The molecule has 1 saturated heterocycles. The molecule has 0 bridgehead atoms. The van der Waals surface area contributed by atoms with Crippen molar-refractivity contribution in [3.8, 4) is 10.6 Å². The highest BCUT2D eigenvalue weighted by Gasteiger charge is 2.27. The molecule has 1 N–H and O–H groups in total. The van der Waals surface area contributed by atoms with Gasteiger partial charge in [-0.15, -0.1) is 10.2 Å². The molecule has 2 amide bonds. The van der Waals surface area contributed by atoms with Gasteiger partial charge in [0.15, 0.2) is 0 Å². The number of aromatic nitrogens is 2. The number of carbonyl (C=O) groups is 1. The highest BCUT2D eigenvalue weighted by Crippen LogP contribution is 2.27. The van der Waals surface area contributed by atoms with E-state index in [2.05, 4.69) is 39.8 Å². The summed E-state index contributed by atoms with van der Waals surface area (Å²) >= 11 is 1.39. The van der Waals surface area contributed by atoms with Gasteiger partial charge < -0.3 is 4.90 Å². The summed E-state index contributed by atoms with van der Waals surface area (Å²) in [7, 11) is 0. The number of benzene rings is 2. The Labute approximate surface area is 162 Å². The molecule has 0 saturated carbocycles. The van der Waals surface area contributed by atoms with Crippen molar-refractivity contribution in [2.24, 2.45) is 0 Å². The Morgan fingerprint density at radius 2 is 1.81 bits per heavy atom. The van der Waals surface area contributed by atoms with Gasteiger partial charge >= 0.3 is 6.03 Å². The predicted octanol–water partition coefficient (Wildman–Crippen LogP) is 4.91. The van der Waals surface area contributed by atoms with Crippen LogP contribution in [0.5, 0.6) is 0 Å². The van der Waals surface area contributed by atoms with Crippen LogP contribution in [0.25, 0.3) is 16.6 Å². The monoisotopic (exact) mass is 376 g/mol. The average molecular weight is 376 g/mol. The van der Waals surface area contributed by atoms with Gasteiger partial charge in [0.25, 0.3) is 0 Å². The maximum absolute atomic E-state index is 12.7. The summed E-state index contributed by atoms with van der Waals surface area (Å²) in [4.78, 5) is 14.6. The fourth-order valence-corrected chi connectivity index (χ4v) is 3.90. The molecule has 4 rings (SSSR count). The van der Waals surface area contributed by atoms with Gasteiger partial charge in [-0.1, -0.05) is 84.2 Å². The van der Waals surface area contributed by atoms with E-state index in [1.165, 1.54) is 11.3 Å². The van der Waals surface area contributed by atoms with Crippen molar-refractivity contribution in [3.63, 3.8) is 0 Å². The number of urea groups is 1. The lowest BCUT2D eigenvalue weighted by atomic mass is 10.1. The van der Waals surface area contributed by atoms with Crippen LogP contribution < -0.4 is 5.32 Å². The molecule has 5 nitrogen and oxygen atoms in total. The lowest BCUT2D eigenvalue weighted by Gasteiger charge is -2.21. The normalized spacial score (nSPS) is 16.7. The topological polar surface area (TPSA) is 58.1 Å². The molecule has 3 aromatic rings. The van der Waals surface area contributed by atoms with E-state index in [0.29, 0.717) is 5.13 Å². The highest BCUT2D eigenvalue weighted by atomic mass is 32.1. The van der Waals surface area contributed by atoms with E-state index >= 15 is 0 Å². The van der Waals surface area contributed by atoms with Crippen molar-refractivity contribution in [3.05, 3.63) is 72.3 Å². The third-order valence-corrected chi connectivity index (χ3v) is 5.42. The SMILES string of the molecule is O=C(Nc1nnc(-c2ccccc2)s1)N1CCCC1/C=C/c1ccccc1. The Morgan fingerprint density at radius 1 is 1.07 bits per heavy atom. The van der Waals surface area contributed by atoms with E-state index < -0.39 is 0 Å². The van der Waals surface area contributed by atoms with Gasteiger partial charge in [-0.2, -0.15) is 0 Å². The second-order valence-corrected chi connectivity index (χ2v) is 7.36. The van der Waals surface area contributed by atoms with Crippen LogP contribution in [0, 0.1) is 0 Å². The molecule has 27 heavy (non-hydrogen) atoms. The van der Waals surface area contributed by atoms with E-state index in [1.807, 2.05) is 53.4 Å². The summed E-state index contributed by atoms with van der Waals surface area (Å²) in [6, 6.07) is 20.0. The van der Waals surface area contributed by atoms with E-state index in [4.69, 9.17) is 0 Å². The van der Waals surface area contributed by atoms with Gasteiger partial charge in [-0.3, -0.25) is 5.32 Å². The molecule has 0 radical (unpaired) electrons. The van der Waals surface area contributed by atoms with E-state index in [0.717, 1.165) is 35.5 Å². The Kier molecular flexibility index (Phi) is 5.25. The number of anilines is 1. The van der Waals surface area contributed by atoms with Gasteiger partial charge in [-0.05, 0) is 18.4 Å². The Balaban J connectivity index is 1.42. The summed E-state index contributed by atoms with van der Waals surface area (Å²) in [6.07, 6.45) is 6.16. The molecule has 2 heterocycles. The van der Waals surface area contributed by atoms with Gasteiger partial charge in [0.2, 0.25) is 5.13 Å². The van der Waals surface area contributed by atoms with Crippen molar-refractivity contribution in [2.75, 3.05) is 11.9 Å². The molecule has 0 spiro atoms. The Bertz CT molecular complexity index is 924. The zero-order valence-corrected chi connectivity index (χ0v) is 15.6. The van der Waals surface area contributed by atoms with E-state index in [-0.39, 0.29) is 12.1 Å². The maximum Gasteiger partial charge on any atom is 0.324 e. The first-order valence-electron chi connectivity index (χ1n) is 8.99. The van der Waals surface area contributed by atoms with Crippen LogP contribution in [-0.2, 0) is 0 Å². The van der Waals surface area contributed by atoms with Crippen LogP contribution in [0.4, 0.5) is 9.93 Å². The molecule has 1 unspecified atom stereocenters. The minimum Gasteiger partial charge on any atom is -0.318 e. The smallest absolute Gasteiger partial charge is 0.318 e. The molecule has 6 heteroatoms. The molecule has 1 atom stereocenters. The second kappa shape index (κ2) is 8.14. The zero-order valence-electron chi connectivity index (χ0n) is 14.8. The molecule has 1 aromatic heterocycles. The average Bonchev–Trinajstić information content (AvgIpc) is 3.37. The first-order valence-corrected chi connectivity index (χ1v) is 9.81. The molecule has 1 fully saturated rings. The highest BCUT2D eigenvalue weighted by molar-refractivity contribution is 7.18. The van der Waals surface area contributed by atoms with Crippen LogP contribution in [0.1, 0.15) is 18.4 Å². The van der Waals surface area contributed by atoms with E-state index in [1.54, 1.807) is 0 Å². The van der Waals surface area contributed by atoms with Crippen LogP contribution in [0.3, 0.4) is 0 Å². The number of amides is 2. The minimum atomic E-state index is -0.119. The first-order chi connectivity index (χ1) is 13.3. The second-order valence-electron chi connectivity index (χ2n) is 6.38. The molecular formula is C21H20N4OS. The van der Waals surface area contributed by atoms with Crippen molar-refractivity contribution in [1.29, 1.82) is 0 Å². The summed E-state index contributed by atoms with van der Waals surface area (Å²) < 4.78 is 0. The quantitative estimate of drug-likeness (QED) is 0.703. The predicted molar refractivity (Wildman–Crippen MR) is 110 cm³/mol. The minimum absolute atomic E-state index is 0.103. The van der Waals surface area contributed by atoms with Crippen LogP contribution in [0.2, 0.25) is 0 Å². The number of hydrogen-bond donors (Lipinski definition) is 1. The summed E-state index contributed by atoms with van der Waals surface area (Å²) in [5.74, 6) is 0. The van der Waals surface area contributed by atoms with Crippen LogP contribution in [0.15, 0.2) is 66.7 Å². The third kappa shape index (κ3) is 4.23. The zero-order chi connectivity index (χ0) is 18.5. The number of hydrogen-bond acceptors (Lipinski definition) is 4. The molecule has 136 valence electrons. The molecular weight excluding hydrogens is 356 g/mol.